The molecule has 0 aliphatic carbocycles. The lowest BCUT2D eigenvalue weighted by Crippen LogP contribution is -2.10. The number of phenols is 1. The zero-order chi connectivity index (χ0) is 19.1. The van der Waals surface area contributed by atoms with Gasteiger partial charge in [-0.3, -0.25) is 0 Å². The topological polar surface area (TPSA) is 83.8 Å². The Hall–Kier alpha value is -3.34. The Morgan fingerprint density at radius 1 is 1.12 bits per heavy atom. The number of carboxylic acid groups (broad SMARTS) is 1. The monoisotopic (exact) mass is 352 g/mol. The number of aromatic hydroxyl groups is 1. The number of carbonyl (C=O) groups is 2. The number of ether oxygens (including phenoxy) is 1. The summed E-state index contributed by atoms with van der Waals surface area (Å²) in [6, 6.07) is 11.2. The molecule has 0 atom stereocenters. The largest absolute Gasteiger partial charge is 0.507 e. The Morgan fingerprint density at radius 3 is 2.50 bits per heavy atom. The number of hydrogen-bond acceptors (Lipinski definition) is 4. The van der Waals surface area contributed by atoms with Crippen molar-refractivity contribution >= 4 is 18.0 Å². The van der Waals surface area contributed by atoms with E-state index in [1.807, 2.05) is 19.9 Å². The fourth-order valence-electron chi connectivity index (χ4n) is 2.24. The van der Waals surface area contributed by atoms with E-state index < -0.39 is 11.9 Å². The van der Waals surface area contributed by atoms with Crippen molar-refractivity contribution in [3.63, 3.8) is 0 Å². The highest BCUT2D eigenvalue weighted by Gasteiger charge is 2.15. The Kier molecular flexibility index (Phi) is 6.33. The minimum Gasteiger partial charge on any atom is -0.507 e. The first-order valence-electron chi connectivity index (χ1n) is 8.04. The molecule has 0 bridgehead atoms. The first kappa shape index (κ1) is 19.0. The van der Waals surface area contributed by atoms with Gasteiger partial charge in [0.25, 0.3) is 0 Å². The van der Waals surface area contributed by atoms with E-state index in [2.05, 4.69) is 0 Å². The zero-order valence-electron chi connectivity index (χ0n) is 14.6. The van der Waals surface area contributed by atoms with Crippen LogP contribution in [-0.2, 0) is 11.2 Å². The molecule has 0 radical (unpaired) electrons. The molecule has 0 heterocycles. The van der Waals surface area contributed by atoms with Crippen molar-refractivity contribution < 1.29 is 24.5 Å². The standard InChI is InChI=1S/C21H20O5/c1-14(2)7-10-16-13-15(9-12-20(23)24)8-11-19(16)26-21(25)17-5-3-4-6-18(17)22/h3-9,11-13,22H,10H2,1-2H3,(H,23,24)/b12-9+. The number of benzene rings is 2. The second kappa shape index (κ2) is 8.67. The van der Waals surface area contributed by atoms with Crippen LogP contribution in [-0.4, -0.2) is 22.2 Å². The molecule has 2 N–H and O–H groups in total. The van der Waals surface area contributed by atoms with Gasteiger partial charge in [-0.25, -0.2) is 9.59 Å². The third-order valence-electron chi connectivity index (χ3n) is 3.56. The van der Waals surface area contributed by atoms with E-state index in [0.717, 1.165) is 17.2 Å². The number of carboxylic acids is 1. The summed E-state index contributed by atoms with van der Waals surface area (Å²) in [5.41, 5.74) is 2.61. The molecule has 5 heteroatoms. The SMILES string of the molecule is CC(C)=CCc1cc(/C=C/C(=O)O)ccc1OC(=O)c1ccccc1O. The van der Waals surface area contributed by atoms with Gasteiger partial charge in [-0.15, -0.1) is 0 Å². The third kappa shape index (κ3) is 5.34. The van der Waals surface area contributed by atoms with Crippen LogP contribution in [0.2, 0.25) is 0 Å². The van der Waals surface area contributed by atoms with Gasteiger partial charge in [0.05, 0.1) is 0 Å². The molecule has 5 nitrogen and oxygen atoms in total. The van der Waals surface area contributed by atoms with Gasteiger partial charge in [-0.2, -0.15) is 0 Å². The van der Waals surface area contributed by atoms with E-state index in [1.54, 1.807) is 30.3 Å². The van der Waals surface area contributed by atoms with Crippen molar-refractivity contribution in [1.82, 2.24) is 0 Å². The maximum atomic E-state index is 12.3. The molecule has 0 aliphatic heterocycles. The Morgan fingerprint density at radius 2 is 1.85 bits per heavy atom. The second-order valence-corrected chi connectivity index (χ2v) is 5.93. The van der Waals surface area contributed by atoms with Crippen molar-refractivity contribution in [2.45, 2.75) is 20.3 Å². The molecule has 2 aromatic carbocycles. The van der Waals surface area contributed by atoms with Crippen LogP contribution in [0.1, 0.15) is 35.3 Å². The summed E-state index contributed by atoms with van der Waals surface area (Å²) in [7, 11) is 0. The van der Waals surface area contributed by atoms with Crippen molar-refractivity contribution in [3.05, 3.63) is 76.9 Å². The van der Waals surface area contributed by atoms with Gasteiger partial charge in [-0.1, -0.05) is 29.8 Å². The highest BCUT2D eigenvalue weighted by Crippen LogP contribution is 2.25. The van der Waals surface area contributed by atoms with Crippen LogP contribution in [0.25, 0.3) is 6.08 Å². The van der Waals surface area contributed by atoms with Gasteiger partial charge < -0.3 is 14.9 Å². The summed E-state index contributed by atoms with van der Waals surface area (Å²) >= 11 is 0. The molecule has 0 aromatic heterocycles. The fraction of sp³-hybridized carbons (Fsp3) is 0.143. The van der Waals surface area contributed by atoms with E-state index in [0.29, 0.717) is 17.7 Å². The molecule has 0 spiro atoms. The summed E-state index contributed by atoms with van der Waals surface area (Å²) in [6.45, 7) is 3.92. The Balaban J connectivity index is 2.33. The highest BCUT2D eigenvalue weighted by atomic mass is 16.5. The second-order valence-electron chi connectivity index (χ2n) is 5.93. The van der Waals surface area contributed by atoms with Crippen molar-refractivity contribution in [2.24, 2.45) is 0 Å². The van der Waals surface area contributed by atoms with Gasteiger partial charge in [0.2, 0.25) is 0 Å². The van der Waals surface area contributed by atoms with Gasteiger partial charge in [-0.05, 0) is 61.7 Å². The van der Waals surface area contributed by atoms with Crippen LogP contribution < -0.4 is 4.74 Å². The van der Waals surface area contributed by atoms with Crippen LogP contribution in [0, 0.1) is 0 Å². The molecule has 0 saturated carbocycles. The van der Waals surface area contributed by atoms with Gasteiger partial charge in [0, 0.05) is 6.08 Å². The van der Waals surface area contributed by atoms with E-state index >= 15 is 0 Å². The lowest BCUT2D eigenvalue weighted by molar-refractivity contribution is -0.131. The van der Waals surface area contributed by atoms with Crippen LogP contribution in [0.15, 0.2) is 60.2 Å². The average Bonchev–Trinajstić information content (AvgIpc) is 2.59. The maximum Gasteiger partial charge on any atom is 0.347 e. The maximum absolute atomic E-state index is 12.3. The zero-order valence-corrected chi connectivity index (χ0v) is 14.6. The van der Waals surface area contributed by atoms with Crippen molar-refractivity contribution in [3.8, 4) is 11.5 Å². The van der Waals surface area contributed by atoms with E-state index in [1.165, 1.54) is 18.2 Å². The summed E-state index contributed by atoms with van der Waals surface area (Å²) in [5, 5.41) is 18.6. The van der Waals surface area contributed by atoms with E-state index in [4.69, 9.17) is 9.84 Å². The number of rotatable bonds is 6. The van der Waals surface area contributed by atoms with Gasteiger partial charge in [0.1, 0.15) is 17.1 Å². The van der Waals surface area contributed by atoms with Crippen LogP contribution in [0.3, 0.4) is 0 Å². The minimum atomic E-state index is -1.04. The number of esters is 1. The van der Waals surface area contributed by atoms with Crippen molar-refractivity contribution in [1.29, 1.82) is 0 Å². The molecule has 0 amide bonds. The predicted molar refractivity (Wildman–Crippen MR) is 99.3 cm³/mol. The lowest BCUT2D eigenvalue weighted by atomic mass is 10.0. The number of para-hydroxylation sites is 1. The smallest absolute Gasteiger partial charge is 0.347 e. The van der Waals surface area contributed by atoms with Gasteiger partial charge >= 0.3 is 11.9 Å². The number of hydrogen-bond donors (Lipinski definition) is 2. The average molecular weight is 352 g/mol. The highest BCUT2D eigenvalue weighted by molar-refractivity contribution is 5.94. The molecule has 0 unspecified atom stereocenters. The minimum absolute atomic E-state index is 0.0792. The number of aliphatic carboxylic acids is 1. The molecule has 0 fully saturated rings. The van der Waals surface area contributed by atoms with Gasteiger partial charge in [0.15, 0.2) is 0 Å². The number of allylic oxidation sites excluding steroid dienone is 2. The van der Waals surface area contributed by atoms with E-state index in [-0.39, 0.29) is 11.3 Å². The fourth-order valence-corrected chi connectivity index (χ4v) is 2.24. The first-order valence-corrected chi connectivity index (χ1v) is 8.04. The molecule has 134 valence electrons. The van der Waals surface area contributed by atoms with Crippen LogP contribution in [0.5, 0.6) is 11.5 Å². The Bertz CT molecular complexity index is 874. The third-order valence-corrected chi connectivity index (χ3v) is 3.56. The summed E-state index contributed by atoms with van der Waals surface area (Å²) in [4.78, 5) is 23.0. The molecular formula is C21H20O5. The normalized spacial score (nSPS) is 10.5. The Labute approximate surface area is 151 Å². The molecule has 26 heavy (non-hydrogen) atoms. The molecule has 2 aromatic rings. The predicted octanol–water partition coefficient (Wildman–Crippen LogP) is 4.22. The number of carbonyl (C=O) groups excluding carboxylic acids is 1. The summed E-state index contributed by atoms with van der Waals surface area (Å²) < 4.78 is 5.46. The van der Waals surface area contributed by atoms with Crippen LogP contribution in [0.4, 0.5) is 0 Å². The first-order chi connectivity index (χ1) is 12.4. The molecule has 0 saturated heterocycles. The number of phenolic OH excluding ortho intramolecular Hbond substituents is 1. The summed E-state index contributed by atoms with van der Waals surface area (Å²) in [6.07, 6.45) is 5.04. The van der Waals surface area contributed by atoms with E-state index in [9.17, 15) is 14.7 Å². The van der Waals surface area contributed by atoms with Crippen LogP contribution >= 0.6 is 0 Å². The molecular weight excluding hydrogens is 332 g/mol. The van der Waals surface area contributed by atoms with Crippen molar-refractivity contribution in [2.75, 3.05) is 0 Å². The molecule has 0 aliphatic rings. The quantitative estimate of drug-likeness (QED) is 0.352. The molecule has 2 rings (SSSR count). The lowest BCUT2D eigenvalue weighted by Gasteiger charge is -2.11. The summed E-state index contributed by atoms with van der Waals surface area (Å²) in [5.74, 6) is -1.48.